The molecule has 2 bridgehead atoms. The normalized spacial score (nSPS) is 41.2. The number of ether oxygens (including phenoxy) is 1. The maximum Gasteiger partial charge on any atom is 0.422 e. The van der Waals surface area contributed by atoms with E-state index in [1.54, 1.807) is 0 Å². The minimum atomic E-state index is -0.447. The Bertz CT molecular complexity index is 351. The second-order valence-corrected chi connectivity index (χ2v) is 6.89. The third-order valence-electron chi connectivity index (χ3n) is 4.50. The monoisotopic (exact) mass is 253 g/mol. The van der Waals surface area contributed by atoms with Gasteiger partial charge in [-0.2, -0.15) is 0 Å². The number of carbonyl (C=O) groups excluding carboxylic acids is 1. The van der Waals surface area contributed by atoms with Crippen molar-refractivity contribution in [2.75, 3.05) is 6.54 Å². The number of hydrazine groups is 1. The summed E-state index contributed by atoms with van der Waals surface area (Å²) in [5.74, 6) is 2.39. The first kappa shape index (κ1) is 12.2. The third kappa shape index (κ3) is 2.10. The lowest BCUT2D eigenvalue weighted by Crippen LogP contribution is -2.55. The first-order chi connectivity index (χ1) is 8.44. The van der Waals surface area contributed by atoms with Crippen molar-refractivity contribution in [1.82, 2.24) is 16.2 Å². The third-order valence-corrected chi connectivity index (χ3v) is 4.50. The van der Waals surface area contributed by atoms with Crippen molar-refractivity contribution in [2.24, 2.45) is 17.8 Å². The van der Waals surface area contributed by atoms with E-state index in [1.165, 1.54) is 12.8 Å². The highest BCUT2D eigenvalue weighted by molar-refractivity contribution is 5.67. The van der Waals surface area contributed by atoms with Crippen LogP contribution < -0.4 is 16.2 Å². The SMILES string of the molecule is CC(C)(C)OC(=O)NNC1C2CC3CNC1C3C2. The van der Waals surface area contributed by atoms with Gasteiger partial charge in [-0.3, -0.25) is 5.43 Å². The van der Waals surface area contributed by atoms with Gasteiger partial charge in [-0.25, -0.2) is 10.2 Å². The molecule has 0 aromatic rings. The summed E-state index contributed by atoms with van der Waals surface area (Å²) in [6.45, 7) is 6.75. The van der Waals surface area contributed by atoms with Gasteiger partial charge < -0.3 is 10.1 Å². The largest absolute Gasteiger partial charge is 0.443 e. The van der Waals surface area contributed by atoms with Crippen molar-refractivity contribution in [2.45, 2.75) is 51.3 Å². The van der Waals surface area contributed by atoms with Crippen LogP contribution in [0.1, 0.15) is 33.6 Å². The van der Waals surface area contributed by atoms with Crippen LogP contribution in [0.4, 0.5) is 4.79 Å². The Morgan fingerprint density at radius 3 is 2.78 bits per heavy atom. The van der Waals surface area contributed by atoms with E-state index in [9.17, 15) is 4.79 Å². The van der Waals surface area contributed by atoms with Crippen molar-refractivity contribution in [3.05, 3.63) is 0 Å². The van der Waals surface area contributed by atoms with Crippen LogP contribution in [0.2, 0.25) is 0 Å². The molecule has 0 radical (unpaired) electrons. The van der Waals surface area contributed by atoms with Gasteiger partial charge in [0, 0.05) is 12.1 Å². The predicted octanol–water partition coefficient (Wildman–Crippen LogP) is 1.01. The highest BCUT2D eigenvalue weighted by Gasteiger charge is 2.55. The molecule has 3 rings (SSSR count). The van der Waals surface area contributed by atoms with Crippen LogP contribution in [0.3, 0.4) is 0 Å². The van der Waals surface area contributed by atoms with E-state index in [-0.39, 0.29) is 6.09 Å². The minimum absolute atomic E-state index is 0.362. The van der Waals surface area contributed by atoms with Crippen LogP contribution in [-0.4, -0.2) is 30.3 Å². The summed E-state index contributed by atoms with van der Waals surface area (Å²) in [5.41, 5.74) is 5.43. The van der Waals surface area contributed by atoms with Crippen molar-refractivity contribution < 1.29 is 9.53 Å². The second kappa shape index (κ2) is 4.10. The molecule has 102 valence electrons. The number of fused-ring (bicyclic) bond motifs is 1. The van der Waals surface area contributed by atoms with E-state index in [2.05, 4.69) is 16.2 Å². The van der Waals surface area contributed by atoms with Gasteiger partial charge in [0.25, 0.3) is 0 Å². The molecule has 2 aliphatic carbocycles. The molecule has 1 amide bonds. The van der Waals surface area contributed by atoms with Crippen molar-refractivity contribution in [3.63, 3.8) is 0 Å². The molecule has 5 nitrogen and oxygen atoms in total. The van der Waals surface area contributed by atoms with E-state index in [1.807, 2.05) is 20.8 Å². The Labute approximate surface area is 108 Å². The van der Waals surface area contributed by atoms with E-state index in [4.69, 9.17) is 4.74 Å². The maximum absolute atomic E-state index is 11.6. The van der Waals surface area contributed by atoms with Crippen molar-refractivity contribution in [1.29, 1.82) is 0 Å². The molecule has 2 saturated carbocycles. The van der Waals surface area contributed by atoms with E-state index < -0.39 is 5.60 Å². The van der Waals surface area contributed by atoms with Gasteiger partial charge in [0.05, 0.1) is 0 Å². The zero-order valence-corrected chi connectivity index (χ0v) is 11.3. The number of amides is 1. The lowest BCUT2D eigenvalue weighted by Gasteiger charge is -2.29. The molecule has 5 unspecified atom stereocenters. The molecule has 1 aliphatic heterocycles. The number of nitrogens with one attached hydrogen (secondary N) is 3. The molecule has 0 aromatic heterocycles. The van der Waals surface area contributed by atoms with Gasteiger partial charge in [-0.1, -0.05) is 0 Å². The first-order valence-corrected chi connectivity index (χ1v) is 6.92. The Morgan fingerprint density at radius 1 is 1.28 bits per heavy atom. The van der Waals surface area contributed by atoms with Gasteiger partial charge in [-0.15, -0.1) is 0 Å². The molecule has 0 spiro atoms. The number of rotatable bonds is 2. The fourth-order valence-electron chi connectivity index (χ4n) is 3.95. The number of hydrogen-bond donors (Lipinski definition) is 3. The Balaban J connectivity index is 1.51. The average molecular weight is 253 g/mol. The highest BCUT2D eigenvalue weighted by atomic mass is 16.6. The molecule has 3 aliphatic rings. The summed E-state index contributed by atoms with van der Waals surface area (Å²) in [5, 5.41) is 3.58. The summed E-state index contributed by atoms with van der Waals surface area (Å²) in [4.78, 5) is 11.6. The Hall–Kier alpha value is -0.810. The van der Waals surface area contributed by atoms with Crippen LogP contribution >= 0.6 is 0 Å². The van der Waals surface area contributed by atoms with E-state index in [0.717, 1.165) is 18.4 Å². The van der Waals surface area contributed by atoms with Gasteiger partial charge in [0.15, 0.2) is 0 Å². The van der Waals surface area contributed by atoms with Crippen LogP contribution in [0, 0.1) is 17.8 Å². The lowest BCUT2D eigenvalue weighted by molar-refractivity contribution is 0.0476. The Kier molecular flexibility index (Phi) is 2.79. The summed E-state index contributed by atoms with van der Waals surface area (Å²) < 4.78 is 5.22. The van der Waals surface area contributed by atoms with Gasteiger partial charge in [-0.05, 0) is 57.9 Å². The lowest BCUT2D eigenvalue weighted by atomic mass is 9.87. The molecule has 5 atom stereocenters. The summed E-state index contributed by atoms with van der Waals surface area (Å²) in [7, 11) is 0. The standard InChI is InChI=1S/C13H23N3O2/c1-13(2,3)18-12(17)16-15-10-7-4-8-6-14-11(10)9(8)5-7/h7-11,14-15H,4-6H2,1-3H3,(H,16,17). The smallest absolute Gasteiger partial charge is 0.422 e. The fraction of sp³-hybridized carbons (Fsp3) is 0.923. The maximum atomic E-state index is 11.6. The van der Waals surface area contributed by atoms with Crippen molar-refractivity contribution in [3.8, 4) is 0 Å². The first-order valence-electron chi connectivity index (χ1n) is 6.92. The molecular formula is C13H23N3O2. The molecule has 3 N–H and O–H groups in total. The summed E-state index contributed by atoms with van der Waals surface area (Å²) >= 11 is 0. The molecule has 0 aromatic carbocycles. The molecule has 1 saturated heterocycles. The minimum Gasteiger partial charge on any atom is -0.443 e. The zero-order valence-electron chi connectivity index (χ0n) is 11.3. The van der Waals surface area contributed by atoms with Gasteiger partial charge in [0.1, 0.15) is 5.60 Å². The van der Waals surface area contributed by atoms with Crippen LogP contribution in [-0.2, 0) is 4.74 Å². The zero-order chi connectivity index (χ0) is 12.9. The summed E-state index contributed by atoms with van der Waals surface area (Å²) in [6, 6.07) is 0.893. The van der Waals surface area contributed by atoms with E-state index >= 15 is 0 Å². The summed E-state index contributed by atoms with van der Waals surface area (Å²) in [6.07, 6.45) is 2.21. The molecule has 3 fully saturated rings. The molecular weight excluding hydrogens is 230 g/mol. The van der Waals surface area contributed by atoms with Gasteiger partial charge in [0.2, 0.25) is 0 Å². The van der Waals surface area contributed by atoms with Crippen molar-refractivity contribution >= 4 is 6.09 Å². The topological polar surface area (TPSA) is 62.4 Å². The Morgan fingerprint density at radius 2 is 2.06 bits per heavy atom. The van der Waals surface area contributed by atoms with Gasteiger partial charge >= 0.3 is 6.09 Å². The predicted molar refractivity (Wildman–Crippen MR) is 67.8 cm³/mol. The number of hydrogen-bond acceptors (Lipinski definition) is 4. The molecule has 5 heteroatoms. The average Bonchev–Trinajstić information content (AvgIpc) is 2.81. The molecule has 1 heterocycles. The van der Waals surface area contributed by atoms with Crippen LogP contribution in [0.25, 0.3) is 0 Å². The second-order valence-electron chi connectivity index (χ2n) is 6.89. The fourth-order valence-corrected chi connectivity index (χ4v) is 3.95. The molecule has 18 heavy (non-hydrogen) atoms. The quantitative estimate of drug-likeness (QED) is 0.643. The van der Waals surface area contributed by atoms with Crippen LogP contribution in [0.15, 0.2) is 0 Å². The highest BCUT2D eigenvalue weighted by Crippen LogP contribution is 2.51. The number of carbonyl (C=O) groups is 1. The van der Waals surface area contributed by atoms with E-state index in [0.29, 0.717) is 18.0 Å². The van der Waals surface area contributed by atoms with Crippen LogP contribution in [0.5, 0.6) is 0 Å².